The Bertz CT molecular complexity index is 1470. The second-order valence-corrected chi connectivity index (χ2v) is 8.98. The highest BCUT2D eigenvalue weighted by atomic mass is 32.1. The van der Waals surface area contributed by atoms with Crippen LogP contribution >= 0.6 is 11.3 Å². The van der Waals surface area contributed by atoms with E-state index in [4.69, 9.17) is 9.15 Å². The Hall–Kier alpha value is -4.17. The van der Waals surface area contributed by atoms with Gasteiger partial charge in [-0.1, -0.05) is 49.1 Å². The van der Waals surface area contributed by atoms with Crippen molar-refractivity contribution < 1.29 is 23.8 Å². The van der Waals surface area contributed by atoms with Crippen LogP contribution in [0.2, 0.25) is 0 Å². The number of aromatic nitrogens is 1. The predicted octanol–water partition coefficient (Wildman–Crippen LogP) is 5.80. The van der Waals surface area contributed by atoms with Crippen molar-refractivity contribution in [1.82, 2.24) is 4.98 Å². The number of aliphatic hydroxyl groups excluding tert-OH is 1. The monoisotopic (exact) mass is 486 g/mol. The quantitative estimate of drug-likeness (QED) is 0.250. The van der Waals surface area contributed by atoms with Crippen LogP contribution in [0, 0.1) is 0 Å². The second kappa shape index (κ2) is 9.23. The van der Waals surface area contributed by atoms with Crippen LogP contribution in [0.25, 0.3) is 10.2 Å². The molecular formula is C27H22N2O5S. The number of ketones is 1. The van der Waals surface area contributed by atoms with E-state index >= 15 is 0 Å². The first kappa shape index (κ1) is 22.6. The first-order valence-corrected chi connectivity index (χ1v) is 11.9. The van der Waals surface area contributed by atoms with Gasteiger partial charge >= 0.3 is 0 Å². The van der Waals surface area contributed by atoms with E-state index in [1.165, 1.54) is 28.6 Å². The number of fused-ring (bicyclic) bond motifs is 1. The average Bonchev–Trinajstić information content (AvgIpc) is 3.61. The molecule has 0 spiro atoms. The molecule has 0 radical (unpaired) electrons. The summed E-state index contributed by atoms with van der Waals surface area (Å²) in [6.45, 7) is 6.03. The molecule has 1 aliphatic rings. The van der Waals surface area contributed by atoms with Crippen LogP contribution in [0.15, 0.2) is 89.3 Å². The molecule has 0 saturated carbocycles. The van der Waals surface area contributed by atoms with Gasteiger partial charge in [0.15, 0.2) is 16.7 Å². The normalized spacial score (nSPS) is 15.7. The lowest BCUT2D eigenvalue weighted by atomic mass is 9.95. The van der Waals surface area contributed by atoms with Crippen LogP contribution in [-0.2, 0) is 11.2 Å². The average molecular weight is 487 g/mol. The molecule has 1 atom stereocenters. The molecule has 1 amide bonds. The van der Waals surface area contributed by atoms with E-state index in [1.807, 2.05) is 18.2 Å². The summed E-state index contributed by atoms with van der Waals surface area (Å²) in [6.07, 6.45) is 3.87. The van der Waals surface area contributed by atoms with Crippen LogP contribution in [0.1, 0.15) is 34.6 Å². The zero-order valence-corrected chi connectivity index (χ0v) is 19.7. The molecule has 1 aliphatic heterocycles. The number of Topliss-reactive ketones (excluding diaryl/α,β-unsaturated/α-hetero) is 1. The number of hydrogen-bond donors (Lipinski definition) is 1. The minimum atomic E-state index is -0.918. The van der Waals surface area contributed by atoms with E-state index in [0.717, 1.165) is 22.2 Å². The fourth-order valence-electron chi connectivity index (χ4n) is 4.10. The van der Waals surface area contributed by atoms with E-state index < -0.39 is 23.5 Å². The van der Waals surface area contributed by atoms with Gasteiger partial charge in [-0.15, -0.1) is 0 Å². The van der Waals surface area contributed by atoms with Crippen molar-refractivity contribution >= 4 is 38.4 Å². The van der Waals surface area contributed by atoms with Crippen molar-refractivity contribution in [3.05, 3.63) is 102 Å². The maximum absolute atomic E-state index is 13.4. The zero-order valence-electron chi connectivity index (χ0n) is 18.9. The number of aryl methyl sites for hydroxylation is 1. The van der Waals surface area contributed by atoms with Crippen LogP contribution in [0.3, 0.4) is 0 Å². The van der Waals surface area contributed by atoms with Crippen LogP contribution in [0.5, 0.6) is 5.75 Å². The molecule has 35 heavy (non-hydrogen) atoms. The molecule has 0 bridgehead atoms. The third-order valence-electron chi connectivity index (χ3n) is 5.80. The number of hydrogen-bond acceptors (Lipinski definition) is 7. The highest BCUT2D eigenvalue weighted by molar-refractivity contribution is 7.22. The van der Waals surface area contributed by atoms with Crippen molar-refractivity contribution in [2.75, 3.05) is 11.5 Å². The number of thiazole rings is 1. The number of nitrogens with zero attached hydrogens (tertiary/aromatic N) is 2. The summed E-state index contributed by atoms with van der Waals surface area (Å²) in [6, 6.07) is 15.2. The van der Waals surface area contributed by atoms with Gasteiger partial charge in [0.2, 0.25) is 5.78 Å². The lowest BCUT2D eigenvalue weighted by Gasteiger charge is -2.24. The number of carbonyl (C=O) groups is 2. The van der Waals surface area contributed by atoms with E-state index in [1.54, 1.807) is 36.4 Å². The molecule has 2 aromatic heterocycles. The van der Waals surface area contributed by atoms with E-state index in [2.05, 4.69) is 18.5 Å². The smallest absolute Gasteiger partial charge is 0.296 e. The Balaban J connectivity index is 1.65. The number of rotatable bonds is 8. The summed E-state index contributed by atoms with van der Waals surface area (Å²) in [7, 11) is 0. The SMILES string of the molecule is C=CCOc1cccc([C@H]2C(C(=O)c3ccco3)=C(O)C(=O)N2c2nc3ccc(CC)cc3s2)c1. The maximum atomic E-state index is 13.4. The number of ether oxygens (including phenoxy) is 1. The summed E-state index contributed by atoms with van der Waals surface area (Å²) in [5.74, 6) is -1.32. The number of furan rings is 1. The molecule has 4 aromatic rings. The summed E-state index contributed by atoms with van der Waals surface area (Å²) < 4.78 is 11.9. The highest BCUT2D eigenvalue weighted by Crippen LogP contribution is 2.44. The molecule has 3 heterocycles. The van der Waals surface area contributed by atoms with Crippen molar-refractivity contribution in [3.8, 4) is 5.75 Å². The topological polar surface area (TPSA) is 92.9 Å². The van der Waals surface area contributed by atoms with Gasteiger partial charge in [0.25, 0.3) is 5.91 Å². The molecule has 7 nitrogen and oxygen atoms in total. The molecule has 0 saturated heterocycles. The lowest BCUT2D eigenvalue weighted by molar-refractivity contribution is -0.117. The molecular weight excluding hydrogens is 464 g/mol. The van der Waals surface area contributed by atoms with E-state index in [9.17, 15) is 14.7 Å². The fraction of sp³-hybridized carbons (Fsp3) is 0.148. The summed E-state index contributed by atoms with van der Waals surface area (Å²) in [4.78, 5) is 32.8. The third kappa shape index (κ3) is 4.02. The Morgan fingerprint density at radius 2 is 2.11 bits per heavy atom. The van der Waals surface area contributed by atoms with Crippen LogP contribution < -0.4 is 9.64 Å². The van der Waals surface area contributed by atoms with Gasteiger partial charge in [0, 0.05) is 0 Å². The summed E-state index contributed by atoms with van der Waals surface area (Å²) in [5.41, 5.74) is 2.41. The Kier molecular flexibility index (Phi) is 5.96. The van der Waals surface area contributed by atoms with Gasteiger partial charge in [-0.2, -0.15) is 0 Å². The largest absolute Gasteiger partial charge is 0.503 e. The maximum Gasteiger partial charge on any atom is 0.296 e. The molecule has 8 heteroatoms. The molecule has 5 rings (SSSR count). The number of benzene rings is 2. The molecule has 2 aromatic carbocycles. The number of anilines is 1. The van der Waals surface area contributed by atoms with E-state index in [-0.39, 0.29) is 11.3 Å². The first-order valence-electron chi connectivity index (χ1n) is 11.1. The fourth-order valence-corrected chi connectivity index (χ4v) is 5.16. The van der Waals surface area contributed by atoms with Crippen LogP contribution in [-0.4, -0.2) is 28.4 Å². The number of carbonyl (C=O) groups excluding carboxylic acids is 2. The Morgan fingerprint density at radius 1 is 1.26 bits per heavy atom. The van der Waals surface area contributed by atoms with Crippen molar-refractivity contribution in [3.63, 3.8) is 0 Å². The standard InChI is InChI=1S/C27H22N2O5S/c1-3-12-33-18-8-5-7-17(15-18)23-22(24(30)20-9-6-13-34-20)25(31)26(32)29(23)27-28-19-11-10-16(4-2)14-21(19)35-27/h3,5-11,13-15,23,31H,1,4,12H2,2H3/t23-/m0/s1. The molecule has 0 unspecified atom stereocenters. The predicted molar refractivity (Wildman–Crippen MR) is 134 cm³/mol. The zero-order chi connectivity index (χ0) is 24.5. The third-order valence-corrected chi connectivity index (χ3v) is 6.81. The van der Waals surface area contributed by atoms with Crippen molar-refractivity contribution in [2.45, 2.75) is 19.4 Å². The van der Waals surface area contributed by atoms with Crippen LogP contribution in [0.4, 0.5) is 5.13 Å². The van der Waals surface area contributed by atoms with Gasteiger partial charge in [0.1, 0.15) is 12.4 Å². The summed E-state index contributed by atoms with van der Waals surface area (Å²) >= 11 is 1.33. The van der Waals surface area contributed by atoms with Gasteiger partial charge in [0.05, 0.1) is 28.1 Å². The molecule has 1 N–H and O–H groups in total. The number of amides is 1. The van der Waals surface area contributed by atoms with Gasteiger partial charge < -0.3 is 14.3 Å². The minimum absolute atomic E-state index is 0.0298. The van der Waals surface area contributed by atoms with Gasteiger partial charge in [-0.3, -0.25) is 14.5 Å². The molecule has 0 aliphatic carbocycles. The lowest BCUT2D eigenvalue weighted by Crippen LogP contribution is -2.31. The van der Waals surface area contributed by atoms with Gasteiger partial charge in [-0.25, -0.2) is 4.98 Å². The van der Waals surface area contributed by atoms with Crippen molar-refractivity contribution in [2.24, 2.45) is 0 Å². The minimum Gasteiger partial charge on any atom is -0.503 e. The number of aliphatic hydroxyl groups is 1. The van der Waals surface area contributed by atoms with Crippen molar-refractivity contribution in [1.29, 1.82) is 0 Å². The first-order chi connectivity index (χ1) is 17.0. The highest BCUT2D eigenvalue weighted by Gasteiger charge is 2.46. The Morgan fingerprint density at radius 3 is 2.86 bits per heavy atom. The molecule has 0 fully saturated rings. The molecule has 176 valence electrons. The van der Waals surface area contributed by atoms with Gasteiger partial charge in [-0.05, 0) is 53.9 Å². The second-order valence-electron chi connectivity index (χ2n) is 7.97. The van der Waals surface area contributed by atoms with E-state index in [0.29, 0.717) is 23.1 Å². The Labute approximate surface area is 205 Å². The summed E-state index contributed by atoms with van der Waals surface area (Å²) in [5, 5.41) is 11.3.